The molecule has 1 fully saturated rings. The molecule has 150 valence electrons. The summed E-state index contributed by atoms with van der Waals surface area (Å²) in [7, 11) is 3.31. The fourth-order valence-corrected chi connectivity index (χ4v) is 4.75. The molecule has 1 spiro atoms. The molecule has 7 nitrogen and oxygen atoms in total. The van der Waals surface area contributed by atoms with E-state index in [-0.39, 0.29) is 17.7 Å². The third kappa shape index (κ3) is 3.34. The van der Waals surface area contributed by atoms with E-state index in [1.165, 1.54) is 24.8 Å². The Bertz CT molecular complexity index is 871. The summed E-state index contributed by atoms with van der Waals surface area (Å²) in [6.45, 7) is 3.02. The second-order valence-electron chi connectivity index (χ2n) is 7.86. The lowest BCUT2D eigenvalue weighted by Gasteiger charge is -2.46. The summed E-state index contributed by atoms with van der Waals surface area (Å²) in [4.78, 5) is 19.2. The molecule has 2 aromatic rings. The van der Waals surface area contributed by atoms with Gasteiger partial charge in [-0.2, -0.15) is 4.98 Å². The molecule has 1 aromatic heterocycles. The Kier molecular flexibility index (Phi) is 5.00. The van der Waals surface area contributed by atoms with E-state index in [4.69, 9.17) is 14.0 Å². The van der Waals surface area contributed by atoms with Crippen molar-refractivity contribution in [1.29, 1.82) is 0 Å². The van der Waals surface area contributed by atoms with Gasteiger partial charge in [-0.05, 0) is 36.1 Å². The van der Waals surface area contributed by atoms with Crippen molar-refractivity contribution in [2.24, 2.45) is 0 Å². The van der Waals surface area contributed by atoms with Crippen LogP contribution < -0.4 is 9.47 Å². The zero-order valence-corrected chi connectivity index (χ0v) is 16.8. The van der Waals surface area contributed by atoms with E-state index in [0.717, 1.165) is 30.7 Å². The van der Waals surface area contributed by atoms with Crippen LogP contribution in [0.2, 0.25) is 0 Å². The van der Waals surface area contributed by atoms with Gasteiger partial charge in [0.05, 0.1) is 20.6 Å². The number of carbonyl (C=O) groups is 1. The predicted octanol–water partition coefficient (Wildman–Crippen LogP) is 3.18. The summed E-state index contributed by atoms with van der Waals surface area (Å²) >= 11 is 0. The average molecular weight is 385 g/mol. The summed E-state index contributed by atoms with van der Waals surface area (Å²) < 4.78 is 16.1. The van der Waals surface area contributed by atoms with Gasteiger partial charge in [0.1, 0.15) is 0 Å². The molecule has 0 unspecified atom stereocenters. The van der Waals surface area contributed by atoms with Crippen molar-refractivity contribution in [3.8, 4) is 11.5 Å². The SMILES string of the molecule is COc1cc2c(cc1OC)C1(CCCCC1)CN(C(=O)Cc1noc(C)n1)C2. The first-order valence-corrected chi connectivity index (χ1v) is 9.87. The third-order valence-corrected chi connectivity index (χ3v) is 6.08. The molecule has 0 saturated heterocycles. The molecule has 0 bridgehead atoms. The van der Waals surface area contributed by atoms with Crippen LogP contribution >= 0.6 is 0 Å². The number of methoxy groups -OCH3 is 2. The number of benzene rings is 1. The summed E-state index contributed by atoms with van der Waals surface area (Å²) in [5, 5.41) is 3.88. The number of fused-ring (bicyclic) bond motifs is 2. The zero-order chi connectivity index (χ0) is 19.7. The fraction of sp³-hybridized carbons (Fsp3) is 0.571. The molecule has 1 saturated carbocycles. The van der Waals surface area contributed by atoms with Gasteiger partial charge in [-0.15, -0.1) is 0 Å². The Morgan fingerprint density at radius 1 is 1.18 bits per heavy atom. The molecule has 4 rings (SSSR count). The third-order valence-electron chi connectivity index (χ3n) is 6.08. The van der Waals surface area contributed by atoms with Crippen molar-refractivity contribution in [1.82, 2.24) is 15.0 Å². The summed E-state index contributed by atoms with van der Waals surface area (Å²) in [5.74, 6) is 2.42. The largest absolute Gasteiger partial charge is 0.493 e. The molecule has 28 heavy (non-hydrogen) atoms. The van der Waals surface area contributed by atoms with E-state index < -0.39 is 0 Å². The van der Waals surface area contributed by atoms with Gasteiger partial charge in [0, 0.05) is 25.4 Å². The molecular weight excluding hydrogens is 358 g/mol. The van der Waals surface area contributed by atoms with Gasteiger partial charge >= 0.3 is 0 Å². The van der Waals surface area contributed by atoms with E-state index in [1.54, 1.807) is 21.1 Å². The fourth-order valence-electron chi connectivity index (χ4n) is 4.75. The lowest BCUT2D eigenvalue weighted by molar-refractivity contribution is -0.133. The number of aromatic nitrogens is 2. The van der Waals surface area contributed by atoms with Crippen LogP contribution in [-0.2, 0) is 23.2 Å². The Morgan fingerprint density at radius 3 is 2.54 bits per heavy atom. The first-order valence-electron chi connectivity index (χ1n) is 9.87. The van der Waals surface area contributed by atoms with E-state index in [9.17, 15) is 4.79 Å². The van der Waals surface area contributed by atoms with Gasteiger partial charge < -0.3 is 18.9 Å². The first kappa shape index (κ1) is 18.8. The molecule has 0 N–H and O–H groups in total. The number of hydrogen-bond acceptors (Lipinski definition) is 6. The zero-order valence-electron chi connectivity index (χ0n) is 16.8. The maximum absolute atomic E-state index is 13.0. The molecule has 2 heterocycles. The van der Waals surface area contributed by atoms with Crippen LogP contribution in [0, 0.1) is 6.92 Å². The highest BCUT2D eigenvalue weighted by Crippen LogP contribution is 2.47. The average Bonchev–Trinajstić information content (AvgIpc) is 3.12. The molecule has 0 radical (unpaired) electrons. The molecule has 0 atom stereocenters. The maximum atomic E-state index is 13.0. The van der Waals surface area contributed by atoms with E-state index >= 15 is 0 Å². The standard InChI is InChI=1S/C21H27N3O4/c1-14-22-19(23-28-14)11-20(25)24-12-15-9-17(26-2)18(27-3)10-16(15)21(13-24)7-5-4-6-8-21/h9-10H,4-8,11-13H2,1-3H3. The van der Waals surface area contributed by atoms with Crippen LogP contribution in [0.1, 0.15) is 54.9 Å². The van der Waals surface area contributed by atoms with Gasteiger partial charge in [0.2, 0.25) is 11.8 Å². The highest BCUT2D eigenvalue weighted by atomic mass is 16.5. The van der Waals surface area contributed by atoms with Crippen LogP contribution in [0.15, 0.2) is 16.7 Å². The van der Waals surface area contributed by atoms with Gasteiger partial charge in [-0.3, -0.25) is 4.79 Å². The van der Waals surface area contributed by atoms with E-state index in [1.807, 2.05) is 11.0 Å². The van der Waals surface area contributed by atoms with Crippen LogP contribution in [0.4, 0.5) is 0 Å². The molecule has 1 aliphatic carbocycles. The molecule has 2 aliphatic rings. The van der Waals surface area contributed by atoms with Gasteiger partial charge in [0.25, 0.3) is 0 Å². The lowest BCUT2D eigenvalue weighted by atomic mass is 9.66. The van der Waals surface area contributed by atoms with Crippen molar-refractivity contribution < 1.29 is 18.8 Å². The quantitative estimate of drug-likeness (QED) is 0.804. The number of ether oxygens (including phenoxy) is 2. The van der Waals surface area contributed by atoms with E-state index in [0.29, 0.717) is 24.0 Å². The monoisotopic (exact) mass is 385 g/mol. The number of aryl methyl sites for hydroxylation is 1. The van der Waals surface area contributed by atoms with Gasteiger partial charge in [0.15, 0.2) is 17.3 Å². The van der Waals surface area contributed by atoms with Gasteiger partial charge in [-0.25, -0.2) is 0 Å². The second-order valence-corrected chi connectivity index (χ2v) is 7.86. The van der Waals surface area contributed by atoms with Crippen LogP contribution in [0.25, 0.3) is 0 Å². The minimum absolute atomic E-state index is 0.0196. The van der Waals surface area contributed by atoms with Crippen molar-refractivity contribution in [3.05, 3.63) is 35.0 Å². The van der Waals surface area contributed by atoms with Crippen molar-refractivity contribution in [3.63, 3.8) is 0 Å². The predicted molar refractivity (Wildman–Crippen MR) is 102 cm³/mol. The highest BCUT2D eigenvalue weighted by Gasteiger charge is 2.42. The van der Waals surface area contributed by atoms with Crippen molar-refractivity contribution in [2.45, 2.75) is 57.4 Å². The topological polar surface area (TPSA) is 77.7 Å². The number of amides is 1. The summed E-state index contributed by atoms with van der Waals surface area (Å²) in [6.07, 6.45) is 5.94. The smallest absolute Gasteiger partial charge is 0.230 e. The lowest BCUT2D eigenvalue weighted by Crippen LogP contribution is -2.49. The minimum Gasteiger partial charge on any atom is -0.493 e. The van der Waals surface area contributed by atoms with Crippen LogP contribution in [0.3, 0.4) is 0 Å². The summed E-state index contributed by atoms with van der Waals surface area (Å²) in [6, 6.07) is 4.16. The molecule has 1 amide bonds. The summed E-state index contributed by atoms with van der Waals surface area (Å²) in [5.41, 5.74) is 2.43. The Hall–Kier alpha value is -2.57. The normalized spacial score (nSPS) is 18.0. The van der Waals surface area contributed by atoms with E-state index in [2.05, 4.69) is 16.2 Å². The first-order chi connectivity index (χ1) is 13.5. The van der Waals surface area contributed by atoms with Crippen molar-refractivity contribution in [2.75, 3.05) is 20.8 Å². The molecular formula is C21H27N3O4. The Balaban J connectivity index is 1.68. The van der Waals surface area contributed by atoms with Crippen LogP contribution in [-0.4, -0.2) is 41.7 Å². The molecule has 1 aliphatic heterocycles. The maximum Gasteiger partial charge on any atom is 0.230 e. The number of hydrogen-bond donors (Lipinski definition) is 0. The number of carbonyl (C=O) groups excluding carboxylic acids is 1. The van der Waals surface area contributed by atoms with Crippen molar-refractivity contribution >= 4 is 5.91 Å². The highest BCUT2D eigenvalue weighted by molar-refractivity contribution is 5.78. The minimum atomic E-state index is -0.0196. The second kappa shape index (κ2) is 7.45. The van der Waals surface area contributed by atoms with Gasteiger partial charge in [-0.1, -0.05) is 24.4 Å². The molecule has 7 heteroatoms. The molecule has 1 aromatic carbocycles. The number of rotatable bonds is 4. The number of nitrogens with zero attached hydrogens (tertiary/aromatic N) is 3. The Morgan fingerprint density at radius 2 is 1.89 bits per heavy atom. The van der Waals surface area contributed by atoms with Crippen LogP contribution in [0.5, 0.6) is 11.5 Å². The Labute approximate surface area is 165 Å².